The van der Waals surface area contributed by atoms with Crippen LogP contribution >= 0.6 is 22.6 Å². The SMILES string of the molecule is O=[N+]([O-])c1cc(I)cc(CNNc2ccccc2)c1. The Labute approximate surface area is 124 Å². The molecule has 0 atom stereocenters. The molecule has 0 spiro atoms. The number of para-hydroxylation sites is 1. The average Bonchev–Trinajstić information content (AvgIpc) is 2.39. The monoisotopic (exact) mass is 369 g/mol. The number of nitro benzene ring substituents is 1. The van der Waals surface area contributed by atoms with Crippen molar-refractivity contribution in [3.05, 3.63) is 67.8 Å². The van der Waals surface area contributed by atoms with Crippen molar-refractivity contribution < 1.29 is 4.92 Å². The smallest absolute Gasteiger partial charge is 0.270 e. The van der Waals surface area contributed by atoms with Crippen LogP contribution in [0.4, 0.5) is 11.4 Å². The lowest BCUT2D eigenvalue weighted by atomic mass is 10.2. The molecule has 0 aliphatic carbocycles. The maximum Gasteiger partial charge on any atom is 0.270 e. The summed E-state index contributed by atoms with van der Waals surface area (Å²) in [5.41, 5.74) is 8.00. The first kappa shape index (κ1) is 13.8. The molecule has 0 saturated carbocycles. The van der Waals surface area contributed by atoms with Gasteiger partial charge in [-0.2, -0.15) is 0 Å². The molecule has 2 rings (SSSR count). The van der Waals surface area contributed by atoms with Gasteiger partial charge in [-0.1, -0.05) is 18.2 Å². The lowest BCUT2D eigenvalue weighted by Gasteiger charge is -2.08. The number of halogens is 1. The van der Waals surface area contributed by atoms with Crippen LogP contribution in [-0.2, 0) is 6.54 Å². The van der Waals surface area contributed by atoms with Crippen LogP contribution in [0.5, 0.6) is 0 Å². The molecule has 5 nitrogen and oxygen atoms in total. The highest BCUT2D eigenvalue weighted by Crippen LogP contribution is 2.18. The first-order chi connectivity index (χ1) is 9.15. The first-order valence-corrected chi connectivity index (χ1v) is 6.71. The van der Waals surface area contributed by atoms with Crippen molar-refractivity contribution in [3.8, 4) is 0 Å². The van der Waals surface area contributed by atoms with E-state index in [4.69, 9.17) is 0 Å². The van der Waals surface area contributed by atoms with Gasteiger partial charge in [0, 0.05) is 27.9 Å². The van der Waals surface area contributed by atoms with E-state index >= 15 is 0 Å². The predicted octanol–water partition coefficient (Wildman–Crippen LogP) is 3.32. The summed E-state index contributed by atoms with van der Waals surface area (Å²) < 4.78 is 0.850. The minimum Gasteiger partial charge on any atom is -0.321 e. The summed E-state index contributed by atoms with van der Waals surface area (Å²) in [5, 5.41) is 10.8. The molecule has 6 heteroatoms. The Morgan fingerprint density at radius 3 is 2.58 bits per heavy atom. The number of nitrogens with one attached hydrogen (secondary N) is 2. The molecule has 2 aromatic rings. The molecule has 0 aliphatic rings. The zero-order valence-electron chi connectivity index (χ0n) is 9.97. The standard InChI is InChI=1S/C13H12IN3O2/c14-11-6-10(7-13(8-11)17(18)19)9-15-16-12-4-2-1-3-5-12/h1-8,15-16H,9H2. The maximum absolute atomic E-state index is 10.8. The number of hydrogen-bond acceptors (Lipinski definition) is 4. The van der Waals surface area contributed by atoms with Gasteiger partial charge in [0.2, 0.25) is 0 Å². The van der Waals surface area contributed by atoms with E-state index < -0.39 is 0 Å². The zero-order chi connectivity index (χ0) is 13.7. The van der Waals surface area contributed by atoms with Gasteiger partial charge in [0.1, 0.15) is 0 Å². The molecule has 0 bridgehead atoms. The number of nitro groups is 1. The number of anilines is 1. The van der Waals surface area contributed by atoms with E-state index in [0.29, 0.717) is 6.54 Å². The van der Waals surface area contributed by atoms with E-state index in [2.05, 4.69) is 33.4 Å². The lowest BCUT2D eigenvalue weighted by Crippen LogP contribution is -2.20. The number of hydrazine groups is 1. The average molecular weight is 369 g/mol. The van der Waals surface area contributed by atoms with Crippen LogP contribution in [0, 0.1) is 13.7 Å². The van der Waals surface area contributed by atoms with Gasteiger partial charge in [0.15, 0.2) is 0 Å². The van der Waals surface area contributed by atoms with Gasteiger partial charge in [0.25, 0.3) is 5.69 Å². The third kappa shape index (κ3) is 4.18. The Hall–Kier alpha value is -1.67. The Balaban J connectivity index is 1.98. The quantitative estimate of drug-likeness (QED) is 0.482. The van der Waals surface area contributed by atoms with E-state index in [9.17, 15) is 10.1 Å². The molecule has 0 saturated heterocycles. The Morgan fingerprint density at radius 2 is 1.89 bits per heavy atom. The predicted molar refractivity (Wildman–Crippen MR) is 82.7 cm³/mol. The van der Waals surface area contributed by atoms with E-state index in [-0.39, 0.29) is 10.6 Å². The molecule has 0 fully saturated rings. The number of non-ortho nitro benzene ring substituents is 1. The number of benzene rings is 2. The van der Waals surface area contributed by atoms with Crippen molar-refractivity contribution in [1.29, 1.82) is 0 Å². The second-order valence-corrected chi connectivity index (χ2v) is 5.16. The third-order valence-corrected chi connectivity index (χ3v) is 3.07. The van der Waals surface area contributed by atoms with Gasteiger partial charge < -0.3 is 5.43 Å². The van der Waals surface area contributed by atoms with Crippen molar-refractivity contribution in [2.24, 2.45) is 0 Å². The number of rotatable bonds is 5. The normalized spacial score (nSPS) is 10.2. The molecule has 0 aromatic heterocycles. The molecular formula is C13H12IN3O2. The molecule has 98 valence electrons. The van der Waals surface area contributed by atoms with E-state index in [0.717, 1.165) is 14.8 Å². The van der Waals surface area contributed by atoms with Crippen molar-refractivity contribution in [3.63, 3.8) is 0 Å². The lowest BCUT2D eigenvalue weighted by molar-refractivity contribution is -0.385. The molecule has 0 aliphatic heterocycles. The molecule has 0 radical (unpaired) electrons. The molecular weight excluding hydrogens is 357 g/mol. The van der Waals surface area contributed by atoms with Crippen LogP contribution in [0.25, 0.3) is 0 Å². The first-order valence-electron chi connectivity index (χ1n) is 5.63. The fourth-order valence-corrected chi connectivity index (χ4v) is 2.33. The van der Waals surface area contributed by atoms with E-state index in [1.54, 1.807) is 12.1 Å². The zero-order valence-corrected chi connectivity index (χ0v) is 12.1. The molecule has 0 amide bonds. The number of nitrogens with zero attached hydrogens (tertiary/aromatic N) is 1. The summed E-state index contributed by atoms with van der Waals surface area (Å²) in [4.78, 5) is 10.4. The molecule has 0 unspecified atom stereocenters. The van der Waals surface area contributed by atoms with E-state index in [1.807, 2.05) is 36.4 Å². The van der Waals surface area contributed by atoms with Crippen LogP contribution in [-0.4, -0.2) is 4.92 Å². The Bertz CT molecular complexity index is 575. The number of hydrogen-bond donors (Lipinski definition) is 2. The van der Waals surface area contributed by atoms with Crippen LogP contribution in [0.1, 0.15) is 5.56 Å². The van der Waals surface area contributed by atoms with Crippen molar-refractivity contribution in [2.45, 2.75) is 6.54 Å². The van der Waals surface area contributed by atoms with Gasteiger partial charge >= 0.3 is 0 Å². The second kappa shape index (κ2) is 6.48. The molecule has 19 heavy (non-hydrogen) atoms. The molecule has 2 aromatic carbocycles. The highest BCUT2D eigenvalue weighted by molar-refractivity contribution is 14.1. The highest BCUT2D eigenvalue weighted by atomic mass is 127. The Morgan fingerprint density at radius 1 is 1.16 bits per heavy atom. The largest absolute Gasteiger partial charge is 0.321 e. The van der Waals surface area contributed by atoms with E-state index in [1.165, 1.54) is 0 Å². The van der Waals surface area contributed by atoms with Crippen LogP contribution < -0.4 is 10.9 Å². The maximum atomic E-state index is 10.8. The molecule has 0 heterocycles. The molecule has 2 N–H and O–H groups in total. The van der Waals surface area contributed by atoms with Crippen molar-refractivity contribution >= 4 is 34.0 Å². The summed E-state index contributed by atoms with van der Waals surface area (Å²) in [6.45, 7) is 0.507. The minimum absolute atomic E-state index is 0.114. The van der Waals surface area contributed by atoms with Gasteiger partial charge in [-0.05, 0) is 46.4 Å². The third-order valence-electron chi connectivity index (χ3n) is 2.45. The Kier molecular flexibility index (Phi) is 4.69. The minimum atomic E-state index is -0.379. The van der Waals surface area contributed by atoms with Gasteiger partial charge in [-0.15, -0.1) is 0 Å². The fraction of sp³-hybridized carbons (Fsp3) is 0.0769. The second-order valence-electron chi connectivity index (χ2n) is 3.92. The van der Waals surface area contributed by atoms with Gasteiger partial charge in [0.05, 0.1) is 4.92 Å². The van der Waals surface area contributed by atoms with Crippen LogP contribution in [0.2, 0.25) is 0 Å². The van der Waals surface area contributed by atoms with Gasteiger partial charge in [-0.3, -0.25) is 10.1 Å². The van der Waals surface area contributed by atoms with Crippen LogP contribution in [0.3, 0.4) is 0 Å². The van der Waals surface area contributed by atoms with Crippen molar-refractivity contribution in [1.82, 2.24) is 5.43 Å². The van der Waals surface area contributed by atoms with Gasteiger partial charge in [-0.25, -0.2) is 5.43 Å². The summed E-state index contributed by atoms with van der Waals surface area (Å²) >= 11 is 2.08. The summed E-state index contributed by atoms with van der Waals surface area (Å²) in [5.74, 6) is 0. The van der Waals surface area contributed by atoms with Crippen molar-refractivity contribution in [2.75, 3.05) is 5.43 Å². The van der Waals surface area contributed by atoms with Crippen LogP contribution in [0.15, 0.2) is 48.5 Å². The summed E-state index contributed by atoms with van der Waals surface area (Å²) in [6.07, 6.45) is 0. The fourth-order valence-electron chi connectivity index (χ4n) is 1.61. The highest BCUT2D eigenvalue weighted by Gasteiger charge is 2.08. The topological polar surface area (TPSA) is 67.2 Å². The summed E-state index contributed by atoms with van der Waals surface area (Å²) in [7, 11) is 0. The summed E-state index contributed by atoms with van der Waals surface area (Å²) in [6, 6.07) is 14.7.